The van der Waals surface area contributed by atoms with Crippen molar-refractivity contribution >= 4 is 5.82 Å². The van der Waals surface area contributed by atoms with E-state index in [1.807, 2.05) is 6.07 Å². The Morgan fingerprint density at radius 1 is 1.19 bits per heavy atom. The number of hydrogen-bond donors (Lipinski definition) is 1. The Morgan fingerprint density at radius 3 is 2.90 bits per heavy atom. The average Bonchev–Trinajstić information content (AvgIpc) is 2.55. The number of piperidine rings is 1. The topological polar surface area (TPSA) is 41.0 Å². The maximum absolute atomic E-state index is 4.25. The molecule has 1 unspecified atom stereocenters. The van der Waals surface area contributed by atoms with Crippen LogP contribution < -0.4 is 5.32 Å². The van der Waals surface area contributed by atoms with Crippen molar-refractivity contribution in [2.24, 2.45) is 0 Å². The molecule has 3 rings (SSSR count). The van der Waals surface area contributed by atoms with E-state index in [0.29, 0.717) is 6.04 Å². The minimum Gasteiger partial charge on any atom is -0.366 e. The van der Waals surface area contributed by atoms with E-state index < -0.39 is 0 Å². The van der Waals surface area contributed by atoms with Crippen LogP contribution in [0.25, 0.3) is 0 Å². The molecule has 2 aromatic rings. The van der Waals surface area contributed by atoms with Gasteiger partial charge in [-0.25, -0.2) is 9.97 Å². The Labute approximate surface area is 126 Å². The summed E-state index contributed by atoms with van der Waals surface area (Å²) in [4.78, 5) is 10.8. The molecule has 0 aliphatic carbocycles. The lowest BCUT2D eigenvalue weighted by Gasteiger charge is -2.33. The second-order valence-corrected chi connectivity index (χ2v) is 5.61. The van der Waals surface area contributed by atoms with Gasteiger partial charge in [0.25, 0.3) is 0 Å². The summed E-state index contributed by atoms with van der Waals surface area (Å²) in [6, 6.07) is 13.1. The van der Waals surface area contributed by atoms with E-state index >= 15 is 0 Å². The Morgan fingerprint density at radius 2 is 2.10 bits per heavy atom. The zero-order chi connectivity index (χ0) is 14.3. The molecule has 1 fully saturated rings. The van der Waals surface area contributed by atoms with Crippen LogP contribution in [0.15, 0.2) is 48.9 Å². The lowest BCUT2D eigenvalue weighted by Crippen LogP contribution is -2.43. The molecule has 0 radical (unpaired) electrons. The number of anilines is 1. The highest BCUT2D eigenvalue weighted by atomic mass is 15.2. The first-order chi connectivity index (χ1) is 10.4. The van der Waals surface area contributed by atoms with Gasteiger partial charge in [-0.2, -0.15) is 0 Å². The van der Waals surface area contributed by atoms with Crippen LogP contribution in [0.4, 0.5) is 5.82 Å². The molecule has 110 valence electrons. The van der Waals surface area contributed by atoms with Crippen molar-refractivity contribution in [1.82, 2.24) is 14.9 Å². The molecule has 1 aliphatic heterocycles. The maximum atomic E-state index is 4.25. The lowest BCUT2D eigenvalue weighted by atomic mass is 10.0. The largest absolute Gasteiger partial charge is 0.366 e. The number of hydrogen-bond acceptors (Lipinski definition) is 4. The fourth-order valence-electron chi connectivity index (χ4n) is 2.89. The zero-order valence-electron chi connectivity index (χ0n) is 12.3. The molecule has 4 heteroatoms. The van der Waals surface area contributed by atoms with Crippen molar-refractivity contribution in [1.29, 1.82) is 0 Å². The van der Waals surface area contributed by atoms with Crippen molar-refractivity contribution in [3.8, 4) is 0 Å². The van der Waals surface area contributed by atoms with E-state index in [2.05, 4.69) is 50.5 Å². The van der Waals surface area contributed by atoms with E-state index in [-0.39, 0.29) is 0 Å². The highest BCUT2D eigenvalue weighted by Gasteiger charge is 2.19. The van der Waals surface area contributed by atoms with E-state index in [9.17, 15) is 0 Å². The normalized spacial score (nSPS) is 19.3. The van der Waals surface area contributed by atoms with Crippen molar-refractivity contribution < 1.29 is 0 Å². The van der Waals surface area contributed by atoms with Crippen LogP contribution in [0.2, 0.25) is 0 Å². The van der Waals surface area contributed by atoms with Gasteiger partial charge in [-0.3, -0.25) is 0 Å². The Balaban J connectivity index is 1.49. The number of nitrogens with one attached hydrogen (secondary N) is 1. The highest BCUT2D eigenvalue weighted by Crippen LogP contribution is 2.14. The smallest absolute Gasteiger partial charge is 0.129 e. The fourth-order valence-corrected chi connectivity index (χ4v) is 2.89. The van der Waals surface area contributed by atoms with Crippen LogP contribution in [-0.2, 0) is 6.42 Å². The lowest BCUT2D eigenvalue weighted by molar-refractivity contribution is 0.218. The quantitative estimate of drug-likeness (QED) is 0.915. The monoisotopic (exact) mass is 282 g/mol. The van der Waals surface area contributed by atoms with Crippen LogP contribution in [0, 0.1) is 0 Å². The second-order valence-electron chi connectivity index (χ2n) is 5.61. The third-order valence-electron chi connectivity index (χ3n) is 4.00. The third-order valence-corrected chi connectivity index (χ3v) is 4.00. The van der Waals surface area contributed by atoms with Crippen molar-refractivity contribution in [2.45, 2.75) is 25.3 Å². The molecule has 0 bridgehead atoms. The van der Waals surface area contributed by atoms with Gasteiger partial charge in [0.15, 0.2) is 0 Å². The van der Waals surface area contributed by atoms with Gasteiger partial charge in [0.2, 0.25) is 0 Å². The average molecular weight is 282 g/mol. The number of benzene rings is 1. The molecule has 0 amide bonds. The predicted molar refractivity (Wildman–Crippen MR) is 85.3 cm³/mol. The molecule has 1 atom stereocenters. The summed E-state index contributed by atoms with van der Waals surface area (Å²) in [5.74, 6) is 0.930. The third kappa shape index (κ3) is 4.26. The summed E-state index contributed by atoms with van der Waals surface area (Å²) in [6.07, 6.45) is 6.97. The van der Waals surface area contributed by atoms with Gasteiger partial charge in [-0.15, -0.1) is 0 Å². The number of aromatic nitrogens is 2. The number of rotatable bonds is 5. The summed E-state index contributed by atoms with van der Waals surface area (Å²) in [5, 5.41) is 3.52. The minimum atomic E-state index is 0.490. The molecule has 1 saturated heterocycles. The van der Waals surface area contributed by atoms with Gasteiger partial charge in [0.05, 0.1) is 0 Å². The molecule has 4 nitrogen and oxygen atoms in total. The molecular weight excluding hydrogens is 260 g/mol. The van der Waals surface area contributed by atoms with E-state index in [1.54, 1.807) is 12.5 Å². The SMILES string of the molecule is c1ccc(CCN2CCCC(Nc3ccncn3)C2)cc1. The predicted octanol–water partition coefficient (Wildman–Crippen LogP) is 2.60. The van der Waals surface area contributed by atoms with Crippen molar-refractivity contribution in [2.75, 3.05) is 25.0 Å². The zero-order valence-corrected chi connectivity index (χ0v) is 12.3. The Bertz CT molecular complexity index is 529. The molecule has 0 saturated carbocycles. The van der Waals surface area contributed by atoms with Gasteiger partial charge < -0.3 is 10.2 Å². The van der Waals surface area contributed by atoms with Crippen molar-refractivity contribution in [3.05, 3.63) is 54.5 Å². The maximum Gasteiger partial charge on any atom is 0.129 e. The standard InChI is InChI=1S/C17H22N4/c1-2-5-15(6-3-1)9-12-21-11-4-7-16(13-21)20-17-8-10-18-14-19-17/h1-3,5-6,8,10,14,16H,4,7,9,11-13H2,(H,18,19,20). The highest BCUT2D eigenvalue weighted by molar-refractivity contribution is 5.33. The van der Waals surface area contributed by atoms with Crippen LogP contribution in [0.3, 0.4) is 0 Å². The summed E-state index contributed by atoms with van der Waals surface area (Å²) in [5.41, 5.74) is 1.42. The molecule has 1 aromatic heterocycles. The first kappa shape index (κ1) is 14.0. The summed E-state index contributed by atoms with van der Waals surface area (Å²) < 4.78 is 0. The fraction of sp³-hybridized carbons (Fsp3) is 0.412. The Kier molecular flexibility index (Phi) is 4.79. The summed E-state index contributed by atoms with van der Waals surface area (Å²) in [7, 11) is 0. The molecule has 1 aliphatic rings. The first-order valence-corrected chi connectivity index (χ1v) is 7.69. The van der Waals surface area contributed by atoms with Gasteiger partial charge in [0.1, 0.15) is 12.1 Å². The molecule has 2 heterocycles. The van der Waals surface area contributed by atoms with Crippen LogP contribution in [-0.4, -0.2) is 40.5 Å². The van der Waals surface area contributed by atoms with Crippen LogP contribution in [0.5, 0.6) is 0 Å². The summed E-state index contributed by atoms with van der Waals surface area (Å²) in [6.45, 7) is 3.43. The second kappa shape index (κ2) is 7.18. The number of nitrogens with zero attached hydrogens (tertiary/aromatic N) is 3. The van der Waals surface area contributed by atoms with Crippen LogP contribution in [0.1, 0.15) is 18.4 Å². The first-order valence-electron chi connectivity index (χ1n) is 7.69. The number of likely N-dealkylation sites (tertiary alicyclic amines) is 1. The molecule has 21 heavy (non-hydrogen) atoms. The van der Waals surface area contributed by atoms with E-state index in [4.69, 9.17) is 0 Å². The van der Waals surface area contributed by atoms with E-state index in [1.165, 1.54) is 24.9 Å². The van der Waals surface area contributed by atoms with Gasteiger partial charge in [-0.05, 0) is 37.4 Å². The van der Waals surface area contributed by atoms with E-state index in [0.717, 1.165) is 25.3 Å². The minimum absolute atomic E-state index is 0.490. The van der Waals surface area contributed by atoms with Crippen LogP contribution >= 0.6 is 0 Å². The molecule has 1 N–H and O–H groups in total. The van der Waals surface area contributed by atoms with Gasteiger partial charge in [0, 0.05) is 25.3 Å². The van der Waals surface area contributed by atoms with Gasteiger partial charge in [-0.1, -0.05) is 30.3 Å². The molecule has 0 spiro atoms. The van der Waals surface area contributed by atoms with Crippen molar-refractivity contribution in [3.63, 3.8) is 0 Å². The van der Waals surface area contributed by atoms with Gasteiger partial charge >= 0.3 is 0 Å². The summed E-state index contributed by atoms with van der Waals surface area (Å²) >= 11 is 0. The molecule has 1 aromatic carbocycles. The Hall–Kier alpha value is -1.94. The molecular formula is C17H22N4.